The summed E-state index contributed by atoms with van der Waals surface area (Å²) >= 11 is 1.43. The van der Waals surface area contributed by atoms with Crippen molar-refractivity contribution in [2.75, 3.05) is 14.1 Å². The highest BCUT2D eigenvalue weighted by molar-refractivity contribution is 7.95. The summed E-state index contributed by atoms with van der Waals surface area (Å²) in [4.78, 5) is 0. The predicted molar refractivity (Wildman–Crippen MR) is 35.4 cm³/mol. The fourth-order valence-electron chi connectivity index (χ4n) is 0.141. The zero-order chi connectivity index (χ0) is 5.70. The highest BCUT2D eigenvalue weighted by Crippen LogP contribution is 2.01. The highest BCUT2D eigenvalue weighted by Gasteiger charge is 1.79. The summed E-state index contributed by atoms with van der Waals surface area (Å²) in [5.74, 6) is 0. The van der Waals surface area contributed by atoms with Gasteiger partial charge in [-0.3, -0.25) is 0 Å². The lowest BCUT2D eigenvalue weighted by atomic mass is 10.9. The normalized spacial score (nSPS) is 11.4. The third kappa shape index (κ3) is 5.98. The van der Waals surface area contributed by atoms with Gasteiger partial charge >= 0.3 is 0 Å². The molecule has 0 spiro atoms. The Kier molecular flexibility index (Phi) is 4.14. The van der Waals surface area contributed by atoms with Crippen LogP contribution in [-0.4, -0.2) is 24.6 Å². The van der Waals surface area contributed by atoms with E-state index >= 15 is 0 Å². The van der Waals surface area contributed by atoms with Gasteiger partial charge < -0.3 is 0 Å². The number of hydrogen-bond acceptors (Lipinski definition) is 3. The second-order valence-corrected chi connectivity index (χ2v) is 2.36. The molecule has 0 aromatic carbocycles. The van der Waals surface area contributed by atoms with Gasteiger partial charge in [0.2, 0.25) is 0 Å². The topological polar surface area (TPSA) is 15.6 Å². The smallest absolute Gasteiger partial charge is 0.0606 e. The Morgan fingerprint density at radius 3 is 2.29 bits per heavy atom. The first kappa shape index (κ1) is 6.98. The summed E-state index contributed by atoms with van der Waals surface area (Å²) in [6.07, 6.45) is 1.77. The van der Waals surface area contributed by atoms with E-state index in [1.54, 1.807) is 6.21 Å². The number of rotatable bonds is 2. The molecule has 0 aliphatic carbocycles. The summed E-state index contributed by atoms with van der Waals surface area (Å²) in [5, 5.41) is 0. The molecule has 0 unspecified atom stereocenters. The molecule has 0 rings (SSSR count). The average molecular weight is 118 g/mol. The van der Waals surface area contributed by atoms with Crippen LogP contribution in [0.3, 0.4) is 0 Å². The molecule has 0 aliphatic heterocycles. The maximum Gasteiger partial charge on any atom is 0.0606 e. The fraction of sp³-hybridized carbons (Fsp3) is 0.750. The van der Waals surface area contributed by atoms with Crippen molar-refractivity contribution in [2.24, 2.45) is 4.40 Å². The molecule has 0 aliphatic rings. The van der Waals surface area contributed by atoms with Gasteiger partial charge in [0.1, 0.15) is 0 Å². The second kappa shape index (κ2) is 4.15. The molecule has 3 heteroatoms. The third-order valence-corrected chi connectivity index (χ3v) is 0.948. The van der Waals surface area contributed by atoms with Gasteiger partial charge in [-0.05, 0) is 21.0 Å². The van der Waals surface area contributed by atoms with Gasteiger partial charge in [0.05, 0.1) is 12.1 Å². The van der Waals surface area contributed by atoms with Gasteiger partial charge in [-0.15, -0.1) is 0 Å². The van der Waals surface area contributed by atoms with Crippen LogP contribution in [0.1, 0.15) is 6.92 Å². The van der Waals surface area contributed by atoms with Crippen molar-refractivity contribution >= 4 is 18.3 Å². The lowest BCUT2D eigenvalue weighted by Gasteiger charge is -1.98. The van der Waals surface area contributed by atoms with E-state index in [0.29, 0.717) is 0 Å². The van der Waals surface area contributed by atoms with E-state index < -0.39 is 0 Å². The molecule has 0 bridgehead atoms. The molecule has 0 saturated heterocycles. The number of hydrogen-bond donors (Lipinski definition) is 0. The molecule has 0 saturated carbocycles. The minimum absolute atomic E-state index is 1.43. The molecule has 2 nitrogen and oxygen atoms in total. The predicted octanol–water partition coefficient (Wildman–Crippen LogP) is 1.20. The van der Waals surface area contributed by atoms with Crippen LogP contribution < -0.4 is 0 Å². The Hall–Kier alpha value is -0.0200. The number of nitrogens with zero attached hydrogens (tertiary/aromatic N) is 2. The van der Waals surface area contributed by atoms with E-state index in [0.717, 1.165) is 0 Å². The molecule has 0 fully saturated rings. The van der Waals surface area contributed by atoms with E-state index in [1.165, 1.54) is 12.1 Å². The first-order valence-electron chi connectivity index (χ1n) is 2.10. The Morgan fingerprint density at radius 2 is 2.14 bits per heavy atom. The lowest BCUT2D eigenvalue weighted by molar-refractivity contribution is 0.704. The molecule has 0 radical (unpaired) electrons. The largest absolute Gasteiger partial charge is 0.237 e. The molecule has 0 amide bonds. The Bertz CT molecular complexity index is 60.7. The maximum atomic E-state index is 3.89. The Balaban J connectivity index is 2.97. The zero-order valence-corrected chi connectivity index (χ0v) is 5.70. The van der Waals surface area contributed by atoms with Crippen molar-refractivity contribution < 1.29 is 0 Å². The molecule has 0 aromatic heterocycles. The Morgan fingerprint density at radius 1 is 1.57 bits per heavy atom. The third-order valence-electron chi connectivity index (χ3n) is 0.316. The summed E-state index contributed by atoms with van der Waals surface area (Å²) in [5.41, 5.74) is 0. The van der Waals surface area contributed by atoms with Gasteiger partial charge in [-0.1, -0.05) is 0 Å². The first-order valence-corrected chi connectivity index (χ1v) is 2.83. The van der Waals surface area contributed by atoms with Crippen molar-refractivity contribution in [1.29, 1.82) is 0 Å². The van der Waals surface area contributed by atoms with Gasteiger partial charge in [0, 0.05) is 6.21 Å². The van der Waals surface area contributed by atoms with Crippen molar-refractivity contribution in [3.63, 3.8) is 0 Å². The van der Waals surface area contributed by atoms with Crippen LogP contribution in [0.15, 0.2) is 4.40 Å². The fourth-order valence-corrected chi connectivity index (χ4v) is 0.424. The zero-order valence-electron chi connectivity index (χ0n) is 4.88. The van der Waals surface area contributed by atoms with Crippen molar-refractivity contribution in [2.45, 2.75) is 6.92 Å². The first-order chi connectivity index (χ1) is 3.27. The molecule has 0 aromatic rings. The Labute approximate surface area is 48.9 Å². The second-order valence-electron chi connectivity index (χ2n) is 1.26. The van der Waals surface area contributed by atoms with Crippen molar-refractivity contribution in [3.8, 4) is 0 Å². The minimum Gasteiger partial charge on any atom is -0.237 e. The van der Waals surface area contributed by atoms with E-state index in [4.69, 9.17) is 0 Å². The summed E-state index contributed by atoms with van der Waals surface area (Å²) < 4.78 is 5.82. The molecular weight excluding hydrogens is 108 g/mol. The van der Waals surface area contributed by atoms with Crippen LogP contribution in [0.4, 0.5) is 0 Å². The van der Waals surface area contributed by atoms with Crippen LogP contribution in [-0.2, 0) is 0 Å². The SMILES string of the molecule is C/C=N/SN(C)C. The van der Waals surface area contributed by atoms with Crippen LogP contribution in [0.5, 0.6) is 0 Å². The van der Waals surface area contributed by atoms with Crippen LogP contribution in [0.25, 0.3) is 0 Å². The standard InChI is InChI=1S/C4H10N2S/c1-4-5-7-6(2)3/h4H,1-3H3/b5-4+. The van der Waals surface area contributed by atoms with E-state index in [2.05, 4.69) is 4.40 Å². The van der Waals surface area contributed by atoms with Crippen LogP contribution in [0, 0.1) is 0 Å². The van der Waals surface area contributed by atoms with Crippen molar-refractivity contribution in [1.82, 2.24) is 4.31 Å². The summed E-state index contributed by atoms with van der Waals surface area (Å²) in [7, 11) is 3.91. The quantitative estimate of drug-likeness (QED) is 0.400. The monoisotopic (exact) mass is 118 g/mol. The molecule has 0 atom stereocenters. The van der Waals surface area contributed by atoms with E-state index in [1.807, 2.05) is 25.3 Å². The van der Waals surface area contributed by atoms with E-state index in [-0.39, 0.29) is 0 Å². The van der Waals surface area contributed by atoms with Crippen LogP contribution >= 0.6 is 12.1 Å². The van der Waals surface area contributed by atoms with Crippen LogP contribution in [0.2, 0.25) is 0 Å². The molecule has 0 heterocycles. The maximum absolute atomic E-state index is 3.89. The molecule has 0 N–H and O–H groups in total. The van der Waals surface area contributed by atoms with Gasteiger partial charge in [0.25, 0.3) is 0 Å². The van der Waals surface area contributed by atoms with Gasteiger partial charge in [0.15, 0.2) is 0 Å². The molecule has 7 heavy (non-hydrogen) atoms. The van der Waals surface area contributed by atoms with E-state index in [9.17, 15) is 0 Å². The highest BCUT2D eigenvalue weighted by atomic mass is 32.2. The van der Waals surface area contributed by atoms with Gasteiger partial charge in [-0.2, -0.15) is 0 Å². The molecule has 42 valence electrons. The van der Waals surface area contributed by atoms with Gasteiger partial charge in [-0.25, -0.2) is 8.70 Å². The lowest BCUT2D eigenvalue weighted by Crippen LogP contribution is -1.95. The average Bonchev–Trinajstić information content (AvgIpc) is 1.61. The summed E-state index contributed by atoms with van der Waals surface area (Å²) in [6, 6.07) is 0. The molecular formula is C4H10N2S. The minimum atomic E-state index is 1.43. The van der Waals surface area contributed by atoms with Crippen molar-refractivity contribution in [3.05, 3.63) is 0 Å². The summed E-state index contributed by atoms with van der Waals surface area (Å²) in [6.45, 7) is 1.90.